The van der Waals surface area contributed by atoms with Gasteiger partial charge in [-0.1, -0.05) is 31.2 Å². The third kappa shape index (κ3) is 3.82. The van der Waals surface area contributed by atoms with Crippen molar-refractivity contribution in [3.05, 3.63) is 57.3 Å². The summed E-state index contributed by atoms with van der Waals surface area (Å²) < 4.78 is 0. The molecule has 3 rings (SSSR count). The van der Waals surface area contributed by atoms with Crippen LogP contribution < -0.4 is 0 Å². The molecule has 1 aromatic carbocycles. The number of hydrogen-bond acceptors (Lipinski definition) is 3. The van der Waals surface area contributed by atoms with E-state index in [1.54, 1.807) is 11.3 Å². The number of rotatable bonds is 5. The zero-order valence-corrected chi connectivity index (χ0v) is 14.3. The molecule has 0 aliphatic carbocycles. The van der Waals surface area contributed by atoms with E-state index in [1.165, 1.54) is 10.4 Å². The number of hydrogen-bond donors (Lipinski definition) is 1. The number of thiophene rings is 1. The second-order valence-corrected chi connectivity index (χ2v) is 7.24. The summed E-state index contributed by atoms with van der Waals surface area (Å²) >= 11 is 1.68. The highest BCUT2D eigenvalue weighted by Gasteiger charge is 2.27. The molecule has 2 heterocycles. The molecule has 2 aromatic rings. The number of aliphatic hydroxyl groups excluding tert-OH is 1. The van der Waals surface area contributed by atoms with Crippen LogP contribution in [-0.2, 0) is 19.4 Å². The Morgan fingerprint density at radius 1 is 1.30 bits per heavy atom. The second kappa shape index (κ2) is 7.28. The Morgan fingerprint density at radius 2 is 2.04 bits per heavy atom. The molecule has 1 fully saturated rings. The van der Waals surface area contributed by atoms with Gasteiger partial charge in [0.05, 0.1) is 12.2 Å². The Balaban J connectivity index is 1.58. The van der Waals surface area contributed by atoms with Crippen LogP contribution in [0.1, 0.15) is 39.7 Å². The summed E-state index contributed by atoms with van der Waals surface area (Å²) in [5.41, 5.74) is 3.08. The van der Waals surface area contributed by atoms with Crippen molar-refractivity contribution < 1.29 is 9.90 Å². The second-order valence-electron chi connectivity index (χ2n) is 6.24. The minimum absolute atomic E-state index is 0.0897. The van der Waals surface area contributed by atoms with E-state index < -0.39 is 0 Å². The van der Waals surface area contributed by atoms with Crippen LogP contribution in [0, 0.1) is 5.92 Å². The monoisotopic (exact) mass is 329 g/mol. The molecule has 23 heavy (non-hydrogen) atoms. The Labute approximate surface area is 141 Å². The van der Waals surface area contributed by atoms with Crippen LogP contribution in [0.3, 0.4) is 0 Å². The van der Waals surface area contributed by atoms with Gasteiger partial charge in [-0.05, 0) is 42.4 Å². The average Bonchev–Trinajstić information content (AvgIpc) is 3.24. The van der Waals surface area contributed by atoms with E-state index in [0.29, 0.717) is 5.92 Å². The Kier molecular flexibility index (Phi) is 5.13. The highest BCUT2D eigenvalue weighted by Crippen LogP contribution is 2.24. The van der Waals surface area contributed by atoms with Gasteiger partial charge in [0.2, 0.25) is 0 Å². The van der Waals surface area contributed by atoms with E-state index in [-0.39, 0.29) is 12.5 Å². The SMILES string of the molecule is CCc1cc(C(=O)N2CC[C@H](Cc3ccc(CO)cc3)C2)cs1. The number of aliphatic hydroxyl groups is 1. The minimum atomic E-state index is 0.0897. The summed E-state index contributed by atoms with van der Waals surface area (Å²) in [5.74, 6) is 0.710. The van der Waals surface area contributed by atoms with Crippen LogP contribution in [0.4, 0.5) is 0 Å². The number of nitrogens with zero attached hydrogens (tertiary/aromatic N) is 1. The third-order valence-corrected chi connectivity index (χ3v) is 5.63. The highest BCUT2D eigenvalue weighted by atomic mass is 32.1. The predicted molar refractivity (Wildman–Crippen MR) is 93.8 cm³/mol. The van der Waals surface area contributed by atoms with Crippen LogP contribution in [0.25, 0.3) is 0 Å². The molecule has 122 valence electrons. The lowest BCUT2D eigenvalue weighted by molar-refractivity contribution is 0.0787. The van der Waals surface area contributed by atoms with Crippen molar-refractivity contribution in [2.24, 2.45) is 5.92 Å². The van der Waals surface area contributed by atoms with Gasteiger partial charge in [0.15, 0.2) is 0 Å². The maximum absolute atomic E-state index is 12.6. The molecule has 1 aliphatic rings. The quantitative estimate of drug-likeness (QED) is 0.912. The van der Waals surface area contributed by atoms with Crippen molar-refractivity contribution in [2.45, 2.75) is 32.8 Å². The van der Waals surface area contributed by atoms with Crippen molar-refractivity contribution in [3.63, 3.8) is 0 Å². The predicted octanol–water partition coefficient (Wildman–Crippen LogP) is 3.51. The molecule has 0 unspecified atom stereocenters. The lowest BCUT2D eigenvalue weighted by Crippen LogP contribution is -2.28. The van der Waals surface area contributed by atoms with Crippen LogP contribution in [-0.4, -0.2) is 29.0 Å². The first kappa shape index (κ1) is 16.2. The number of carbonyl (C=O) groups is 1. The Morgan fingerprint density at radius 3 is 2.70 bits per heavy atom. The molecule has 1 aromatic heterocycles. The summed E-state index contributed by atoms with van der Waals surface area (Å²) in [6.07, 6.45) is 3.06. The molecular weight excluding hydrogens is 306 g/mol. The molecule has 0 bridgehead atoms. The van der Waals surface area contributed by atoms with Crippen LogP contribution in [0.15, 0.2) is 35.7 Å². The molecule has 1 aliphatic heterocycles. The van der Waals surface area contributed by atoms with Gasteiger partial charge in [-0.3, -0.25) is 4.79 Å². The summed E-state index contributed by atoms with van der Waals surface area (Å²) in [7, 11) is 0. The van der Waals surface area contributed by atoms with Crippen molar-refractivity contribution in [1.82, 2.24) is 4.90 Å². The zero-order chi connectivity index (χ0) is 16.2. The number of aryl methyl sites for hydroxylation is 1. The largest absolute Gasteiger partial charge is 0.392 e. The fourth-order valence-corrected chi connectivity index (χ4v) is 3.97. The fourth-order valence-electron chi connectivity index (χ4n) is 3.16. The molecule has 1 N–H and O–H groups in total. The first-order valence-electron chi connectivity index (χ1n) is 8.25. The Bertz CT molecular complexity index is 662. The standard InChI is InChI=1S/C19H23NO2S/c1-2-18-10-17(13-23-18)19(22)20-8-7-16(11-20)9-14-3-5-15(12-21)6-4-14/h3-6,10,13,16,21H,2,7-9,11-12H2,1H3/t16-/m1/s1. The number of carbonyl (C=O) groups excluding carboxylic acids is 1. The molecule has 1 amide bonds. The smallest absolute Gasteiger partial charge is 0.254 e. The van der Waals surface area contributed by atoms with Crippen LogP contribution >= 0.6 is 11.3 Å². The summed E-state index contributed by atoms with van der Waals surface area (Å²) in [6.45, 7) is 3.91. The molecule has 4 heteroatoms. The first-order valence-corrected chi connectivity index (χ1v) is 9.13. The zero-order valence-electron chi connectivity index (χ0n) is 13.5. The minimum Gasteiger partial charge on any atom is -0.392 e. The van der Waals surface area contributed by atoms with Gasteiger partial charge in [-0.15, -0.1) is 11.3 Å². The maximum Gasteiger partial charge on any atom is 0.254 e. The lowest BCUT2D eigenvalue weighted by Gasteiger charge is -2.16. The maximum atomic E-state index is 12.6. The van der Waals surface area contributed by atoms with Gasteiger partial charge in [-0.2, -0.15) is 0 Å². The summed E-state index contributed by atoms with van der Waals surface area (Å²) in [5, 5.41) is 11.1. The lowest BCUT2D eigenvalue weighted by atomic mass is 9.98. The van der Waals surface area contributed by atoms with E-state index in [1.807, 2.05) is 28.5 Å². The van der Waals surface area contributed by atoms with E-state index in [9.17, 15) is 4.79 Å². The molecule has 0 radical (unpaired) electrons. The highest BCUT2D eigenvalue weighted by molar-refractivity contribution is 7.10. The first-order chi connectivity index (χ1) is 11.2. The third-order valence-electron chi connectivity index (χ3n) is 4.55. The van der Waals surface area contributed by atoms with Gasteiger partial charge >= 0.3 is 0 Å². The molecule has 0 saturated carbocycles. The van der Waals surface area contributed by atoms with Gasteiger partial charge < -0.3 is 10.0 Å². The number of benzene rings is 1. The molecular formula is C19H23NO2S. The van der Waals surface area contributed by atoms with Crippen LogP contribution in [0.5, 0.6) is 0 Å². The number of likely N-dealkylation sites (tertiary alicyclic amines) is 1. The van der Waals surface area contributed by atoms with E-state index in [2.05, 4.69) is 19.1 Å². The van der Waals surface area contributed by atoms with E-state index >= 15 is 0 Å². The normalized spacial score (nSPS) is 17.7. The number of amides is 1. The van der Waals surface area contributed by atoms with E-state index in [4.69, 9.17) is 5.11 Å². The Hall–Kier alpha value is -1.65. The molecule has 0 spiro atoms. The van der Waals surface area contributed by atoms with Crippen molar-refractivity contribution in [1.29, 1.82) is 0 Å². The molecule has 1 saturated heterocycles. The van der Waals surface area contributed by atoms with Crippen LogP contribution in [0.2, 0.25) is 0 Å². The summed E-state index contributed by atoms with van der Waals surface area (Å²) in [6, 6.07) is 10.2. The average molecular weight is 329 g/mol. The topological polar surface area (TPSA) is 40.5 Å². The van der Waals surface area contributed by atoms with Gasteiger partial charge in [0.25, 0.3) is 5.91 Å². The van der Waals surface area contributed by atoms with Gasteiger partial charge in [0.1, 0.15) is 0 Å². The van der Waals surface area contributed by atoms with E-state index in [0.717, 1.165) is 43.5 Å². The van der Waals surface area contributed by atoms with Crippen molar-refractivity contribution in [2.75, 3.05) is 13.1 Å². The molecule has 1 atom stereocenters. The summed E-state index contributed by atoms with van der Waals surface area (Å²) in [4.78, 5) is 15.8. The van der Waals surface area contributed by atoms with Crippen molar-refractivity contribution >= 4 is 17.2 Å². The fraction of sp³-hybridized carbons (Fsp3) is 0.421. The van der Waals surface area contributed by atoms with Gasteiger partial charge in [-0.25, -0.2) is 0 Å². The molecule has 3 nitrogen and oxygen atoms in total. The van der Waals surface area contributed by atoms with Gasteiger partial charge in [0, 0.05) is 23.3 Å². The van der Waals surface area contributed by atoms with Crippen molar-refractivity contribution in [3.8, 4) is 0 Å².